The molecule has 7 heteroatoms. The largest absolute Gasteiger partial charge is 0.463 e. The number of rotatable bonds is 3. The number of aromatic nitrogens is 1. The number of alkyl halides is 3. The molecule has 0 radical (unpaired) electrons. The summed E-state index contributed by atoms with van der Waals surface area (Å²) in [6.07, 6.45) is -3.20. The summed E-state index contributed by atoms with van der Waals surface area (Å²) in [5.41, 5.74) is -1.28. The molecular formula is C11H9BrF3NO2. The van der Waals surface area contributed by atoms with Gasteiger partial charge in [0.2, 0.25) is 0 Å². The lowest BCUT2D eigenvalue weighted by Crippen LogP contribution is -2.13. The molecule has 0 spiro atoms. The summed E-state index contributed by atoms with van der Waals surface area (Å²) < 4.78 is 43.2. The van der Waals surface area contributed by atoms with Crippen LogP contribution in [0.1, 0.15) is 12.5 Å². The zero-order chi connectivity index (χ0) is 13.8. The van der Waals surface area contributed by atoms with Gasteiger partial charge in [-0.25, -0.2) is 9.78 Å². The van der Waals surface area contributed by atoms with Gasteiger partial charge in [-0.3, -0.25) is 0 Å². The van der Waals surface area contributed by atoms with Gasteiger partial charge in [-0.2, -0.15) is 13.2 Å². The fourth-order valence-electron chi connectivity index (χ4n) is 1.17. The van der Waals surface area contributed by atoms with Crippen LogP contribution in [0.25, 0.3) is 5.57 Å². The summed E-state index contributed by atoms with van der Waals surface area (Å²) >= 11 is 3.02. The van der Waals surface area contributed by atoms with E-state index in [1.807, 2.05) is 0 Å². The van der Waals surface area contributed by atoms with E-state index in [0.29, 0.717) is 10.7 Å². The molecule has 0 fully saturated rings. The van der Waals surface area contributed by atoms with Crippen LogP contribution in [0.4, 0.5) is 13.2 Å². The maximum absolute atomic E-state index is 12.8. The first-order chi connectivity index (χ1) is 8.34. The van der Waals surface area contributed by atoms with Crippen molar-refractivity contribution in [2.45, 2.75) is 13.1 Å². The molecule has 1 aromatic rings. The molecule has 18 heavy (non-hydrogen) atoms. The highest BCUT2D eigenvalue weighted by Gasteiger charge is 2.35. The number of hydrogen-bond donors (Lipinski definition) is 0. The molecule has 0 unspecified atom stereocenters. The summed E-state index contributed by atoms with van der Waals surface area (Å²) in [4.78, 5) is 14.8. The summed E-state index contributed by atoms with van der Waals surface area (Å²) in [6.45, 7) is 1.53. The lowest BCUT2D eigenvalue weighted by atomic mass is 10.1. The first kappa shape index (κ1) is 14.7. The first-order valence-electron chi connectivity index (χ1n) is 4.92. The van der Waals surface area contributed by atoms with Crippen molar-refractivity contribution < 1.29 is 22.7 Å². The van der Waals surface area contributed by atoms with E-state index in [9.17, 15) is 18.0 Å². The van der Waals surface area contributed by atoms with Gasteiger partial charge in [-0.1, -0.05) is 6.07 Å². The maximum atomic E-state index is 12.8. The van der Waals surface area contributed by atoms with Gasteiger partial charge in [0.15, 0.2) is 0 Å². The third-order valence-electron chi connectivity index (χ3n) is 1.89. The van der Waals surface area contributed by atoms with Crippen molar-refractivity contribution in [2.75, 3.05) is 6.61 Å². The van der Waals surface area contributed by atoms with Crippen molar-refractivity contribution in [1.29, 1.82) is 0 Å². The molecule has 98 valence electrons. The Morgan fingerprint density at radius 2 is 2.17 bits per heavy atom. The molecule has 0 aromatic carbocycles. The molecule has 1 heterocycles. The van der Waals surface area contributed by atoms with Crippen molar-refractivity contribution in [2.24, 2.45) is 0 Å². The third kappa shape index (κ3) is 4.14. The van der Waals surface area contributed by atoms with Gasteiger partial charge in [0, 0.05) is 17.8 Å². The van der Waals surface area contributed by atoms with Crippen molar-refractivity contribution in [3.63, 3.8) is 0 Å². The Labute approximate surface area is 110 Å². The molecule has 1 rings (SSSR count). The molecule has 0 aliphatic heterocycles. The highest BCUT2D eigenvalue weighted by atomic mass is 79.9. The second-order valence-electron chi connectivity index (χ2n) is 3.18. The molecular weight excluding hydrogens is 315 g/mol. The van der Waals surface area contributed by atoms with Crippen LogP contribution >= 0.6 is 15.9 Å². The van der Waals surface area contributed by atoms with E-state index in [0.717, 1.165) is 6.20 Å². The minimum absolute atomic E-state index is 0.0130. The number of allylic oxidation sites excluding steroid dienone is 1. The van der Waals surface area contributed by atoms with E-state index in [1.165, 1.54) is 19.1 Å². The van der Waals surface area contributed by atoms with E-state index in [4.69, 9.17) is 0 Å². The lowest BCUT2D eigenvalue weighted by Gasteiger charge is -2.11. The van der Waals surface area contributed by atoms with Gasteiger partial charge >= 0.3 is 12.1 Å². The quantitative estimate of drug-likeness (QED) is 0.486. The third-order valence-corrected chi connectivity index (χ3v) is 2.36. The molecule has 0 atom stereocenters. The second kappa shape index (κ2) is 5.99. The molecule has 0 saturated carbocycles. The molecule has 0 bridgehead atoms. The van der Waals surface area contributed by atoms with E-state index in [1.54, 1.807) is 0 Å². The lowest BCUT2D eigenvalue weighted by molar-refractivity contribution is -0.137. The Kier molecular flexibility index (Phi) is 4.89. The Balaban J connectivity index is 3.14. The van der Waals surface area contributed by atoms with Gasteiger partial charge < -0.3 is 4.74 Å². The minimum atomic E-state index is -4.65. The fourth-order valence-corrected chi connectivity index (χ4v) is 1.40. The number of nitrogens with zero attached hydrogens (tertiary/aromatic N) is 1. The van der Waals surface area contributed by atoms with Crippen LogP contribution in [0.3, 0.4) is 0 Å². The molecule has 3 nitrogen and oxygen atoms in total. The van der Waals surface area contributed by atoms with Crippen LogP contribution in [-0.4, -0.2) is 23.7 Å². The summed E-state index contributed by atoms with van der Waals surface area (Å²) in [5, 5.41) is 0. The number of hydrogen-bond acceptors (Lipinski definition) is 3. The Morgan fingerprint density at radius 1 is 1.50 bits per heavy atom. The van der Waals surface area contributed by atoms with Crippen LogP contribution in [0.15, 0.2) is 29.0 Å². The average molecular weight is 324 g/mol. The molecule has 0 N–H and O–H groups in total. The fraction of sp³-hybridized carbons (Fsp3) is 0.273. The van der Waals surface area contributed by atoms with Crippen LogP contribution in [0.2, 0.25) is 0 Å². The molecule has 0 amide bonds. The predicted octanol–water partition coefficient (Wildman–Crippen LogP) is 3.35. The molecule has 0 aliphatic rings. The molecule has 0 saturated heterocycles. The number of ether oxygens (including phenoxy) is 1. The van der Waals surface area contributed by atoms with E-state index < -0.39 is 17.7 Å². The van der Waals surface area contributed by atoms with Crippen molar-refractivity contribution in [3.05, 3.63) is 34.6 Å². The number of pyridine rings is 1. The zero-order valence-corrected chi connectivity index (χ0v) is 10.9. The average Bonchev–Trinajstić information content (AvgIpc) is 2.26. The van der Waals surface area contributed by atoms with Crippen LogP contribution in [-0.2, 0) is 9.53 Å². The van der Waals surface area contributed by atoms with E-state index >= 15 is 0 Å². The van der Waals surface area contributed by atoms with Crippen LogP contribution in [0.5, 0.6) is 0 Å². The highest BCUT2D eigenvalue weighted by molar-refractivity contribution is 9.10. The van der Waals surface area contributed by atoms with Gasteiger partial charge in [-0.05, 0) is 28.9 Å². The maximum Gasteiger partial charge on any atom is 0.417 e. The monoisotopic (exact) mass is 323 g/mol. The van der Waals surface area contributed by atoms with Gasteiger partial charge in [-0.15, -0.1) is 0 Å². The van der Waals surface area contributed by atoms with E-state index in [-0.39, 0.29) is 12.2 Å². The van der Waals surface area contributed by atoms with Crippen LogP contribution in [0, 0.1) is 0 Å². The predicted molar refractivity (Wildman–Crippen MR) is 62.6 cm³/mol. The molecule has 1 aromatic heterocycles. The topological polar surface area (TPSA) is 39.2 Å². The summed E-state index contributed by atoms with van der Waals surface area (Å²) in [5.74, 6) is -1.03. The van der Waals surface area contributed by atoms with Crippen molar-refractivity contribution >= 4 is 27.5 Å². The SMILES string of the molecule is CCOC(=O)C=C(c1ccc(Br)nc1)C(F)(F)F. The normalized spacial score (nSPS) is 12.4. The van der Waals surface area contributed by atoms with Gasteiger partial charge in [0.1, 0.15) is 4.60 Å². The van der Waals surface area contributed by atoms with E-state index in [2.05, 4.69) is 25.7 Å². The number of carbonyl (C=O) groups excluding carboxylic acids is 1. The zero-order valence-electron chi connectivity index (χ0n) is 9.29. The highest BCUT2D eigenvalue weighted by Crippen LogP contribution is 2.33. The van der Waals surface area contributed by atoms with Crippen molar-refractivity contribution in [1.82, 2.24) is 4.98 Å². The second-order valence-corrected chi connectivity index (χ2v) is 3.99. The number of halogens is 4. The Bertz CT molecular complexity index is 454. The number of esters is 1. The molecule has 0 aliphatic carbocycles. The van der Waals surface area contributed by atoms with Gasteiger partial charge in [0.05, 0.1) is 12.2 Å². The van der Waals surface area contributed by atoms with Crippen LogP contribution < -0.4 is 0 Å². The van der Waals surface area contributed by atoms with Crippen molar-refractivity contribution in [3.8, 4) is 0 Å². The van der Waals surface area contributed by atoms with Gasteiger partial charge in [0.25, 0.3) is 0 Å². The summed E-state index contributed by atoms with van der Waals surface area (Å²) in [7, 11) is 0. The standard InChI is InChI=1S/C11H9BrF3NO2/c1-2-18-10(17)5-8(11(13,14)15)7-3-4-9(12)16-6-7/h3-6H,2H2,1H3. The number of carbonyl (C=O) groups is 1. The Morgan fingerprint density at radius 3 is 2.61 bits per heavy atom. The smallest absolute Gasteiger partial charge is 0.417 e. The minimum Gasteiger partial charge on any atom is -0.463 e. The Hall–Kier alpha value is -1.37. The first-order valence-corrected chi connectivity index (χ1v) is 5.71. The summed E-state index contributed by atoms with van der Waals surface area (Å²) in [6, 6.07) is 2.58.